The molecule has 0 N–H and O–H groups in total. The van der Waals surface area contributed by atoms with Crippen LogP contribution in [-0.2, 0) is 15.6 Å². The van der Waals surface area contributed by atoms with Crippen LogP contribution in [0, 0.1) is 0 Å². The molecule has 6 heteroatoms. The van der Waals surface area contributed by atoms with Crippen molar-refractivity contribution < 1.29 is 12.8 Å². The number of nitrogens with zero attached hydrogens (tertiary/aromatic N) is 1. The van der Waals surface area contributed by atoms with Gasteiger partial charge in [0.25, 0.3) is 0 Å². The molecule has 112 valence electrons. The Balaban J connectivity index is 1.84. The average molecular weight is 378 g/mol. The lowest BCUT2D eigenvalue weighted by molar-refractivity contribution is 0.519. The number of hydrogen-bond donors (Lipinski definition) is 0. The number of benzene rings is 2. The van der Waals surface area contributed by atoms with Gasteiger partial charge in [-0.25, -0.2) is 13.4 Å². The maximum absolute atomic E-state index is 12.3. The largest absolute Gasteiger partial charge is 0.440 e. The third-order valence-electron chi connectivity index (χ3n) is 3.10. The van der Waals surface area contributed by atoms with Crippen molar-refractivity contribution in [3.63, 3.8) is 0 Å². The van der Waals surface area contributed by atoms with Crippen LogP contribution in [0.3, 0.4) is 0 Å². The summed E-state index contributed by atoms with van der Waals surface area (Å²) >= 11 is 3.28. The van der Waals surface area contributed by atoms with Crippen molar-refractivity contribution in [2.45, 2.75) is 10.6 Å². The van der Waals surface area contributed by atoms with Crippen molar-refractivity contribution in [3.05, 3.63) is 71.2 Å². The zero-order valence-corrected chi connectivity index (χ0v) is 13.8. The van der Waals surface area contributed by atoms with Crippen LogP contribution in [-0.4, -0.2) is 13.4 Å². The molecule has 0 aliphatic rings. The molecule has 0 atom stereocenters. The number of oxazole rings is 1. The molecule has 3 rings (SSSR count). The topological polar surface area (TPSA) is 60.2 Å². The van der Waals surface area contributed by atoms with Gasteiger partial charge in [0.2, 0.25) is 5.89 Å². The Hall–Kier alpha value is -1.92. The van der Waals surface area contributed by atoms with Crippen LogP contribution < -0.4 is 0 Å². The summed E-state index contributed by atoms with van der Waals surface area (Å²) in [5.74, 6) is 0.477. The van der Waals surface area contributed by atoms with E-state index in [2.05, 4.69) is 20.9 Å². The fourth-order valence-corrected chi connectivity index (χ4v) is 3.44. The van der Waals surface area contributed by atoms with E-state index in [1.165, 1.54) is 0 Å². The van der Waals surface area contributed by atoms with Gasteiger partial charge in [0.1, 0.15) is 5.75 Å². The molecule has 0 unspecified atom stereocenters. The molecule has 0 saturated carbocycles. The number of sulfone groups is 1. The summed E-state index contributed by atoms with van der Waals surface area (Å²) in [4.78, 5) is 4.31. The van der Waals surface area contributed by atoms with Gasteiger partial charge < -0.3 is 4.42 Å². The second-order valence-electron chi connectivity index (χ2n) is 4.70. The lowest BCUT2D eigenvalue weighted by atomic mass is 10.2. The van der Waals surface area contributed by atoms with Crippen molar-refractivity contribution in [3.8, 4) is 11.3 Å². The van der Waals surface area contributed by atoms with Crippen molar-refractivity contribution in [2.75, 3.05) is 0 Å². The summed E-state index contributed by atoms with van der Waals surface area (Å²) in [5.41, 5.74) is 0.863. The lowest BCUT2D eigenvalue weighted by Crippen LogP contribution is -2.04. The monoisotopic (exact) mass is 377 g/mol. The van der Waals surface area contributed by atoms with Gasteiger partial charge in [-0.2, -0.15) is 0 Å². The van der Waals surface area contributed by atoms with Gasteiger partial charge >= 0.3 is 0 Å². The van der Waals surface area contributed by atoms with E-state index in [0.29, 0.717) is 5.76 Å². The highest BCUT2D eigenvalue weighted by Crippen LogP contribution is 2.23. The Morgan fingerprint density at radius 3 is 2.36 bits per heavy atom. The van der Waals surface area contributed by atoms with Crippen molar-refractivity contribution >= 4 is 25.8 Å². The highest BCUT2D eigenvalue weighted by molar-refractivity contribution is 9.10. The summed E-state index contributed by atoms with van der Waals surface area (Å²) < 4.78 is 31.1. The quantitative estimate of drug-likeness (QED) is 0.687. The van der Waals surface area contributed by atoms with Gasteiger partial charge in [0, 0.05) is 10.0 Å². The van der Waals surface area contributed by atoms with Crippen molar-refractivity contribution in [1.29, 1.82) is 0 Å². The molecule has 22 heavy (non-hydrogen) atoms. The Bertz CT molecular complexity index is 871. The van der Waals surface area contributed by atoms with Gasteiger partial charge in [-0.1, -0.05) is 46.3 Å². The van der Waals surface area contributed by atoms with Crippen molar-refractivity contribution in [1.82, 2.24) is 4.98 Å². The molecule has 3 aromatic rings. The van der Waals surface area contributed by atoms with Crippen LogP contribution in [0.4, 0.5) is 0 Å². The van der Waals surface area contributed by atoms with Gasteiger partial charge in [-0.15, -0.1) is 0 Å². The first-order valence-electron chi connectivity index (χ1n) is 6.53. The first-order chi connectivity index (χ1) is 10.5. The average Bonchev–Trinajstić information content (AvgIpc) is 2.96. The van der Waals surface area contributed by atoms with E-state index < -0.39 is 9.84 Å². The summed E-state index contributed by atoms with van der Waals surface area (Å²) in [6, 6.07) is 15.9. The molecular formula is C16H12BrNO3S. The maximum atomic E-state index is 12.3. The smallest absolute Gasteiger partial charge is 0.210 e. The number of hydrogen-bond acceptors (Lipinski definition) is 4. The van der Waals surface area contributed by atoms with Crippen LogP contribution in [0.5, 0.6) is 0 Å². The maximum Gasteiger partial charge on any atom is 0.210 e. The van der Waals surface area contributed by atoms with Gasteiger partial charge in [-0.3, -0.25) is 0 Å². The Morgan fingerprint density at radius 1 is 1.00 bits per heavy atom. The Kier molecular flexibility index (Phi) is 4.13. The van der Waals surface area contributed by atoms with E-state index in [-0.39, 0.29) is 16.5 Å². The molecule has 0 radical (unpaired) electrons. The SMILES string of the molecule is O=S(=O)(Cc1ncc(-c2ccccc2)o1)c1ccc(Br)cc1. The predicted octanol–water partition coefficient (Wildman–Crippen LogP) is 4.08. The van der Waals surface area contributed by atoms with E-state index in [9.17, 15) is 8.42 Å². The summed E-state index contributed by atoms with van der Waals surface area (Å²) in [5, 5.41) is 0. The molecule has 0 saturated heterocycles. The molecule has 0 fully saturated rings. The molecule has 2 aromatic carbocycles. The van der Waals surface area contributed by atoms with Gasteiger partial charge in [-0.05, 0) is 24.3 Å². The zero-order valence-electron chi connectivity index (χ0n) is 11.4. The second kappa shape index (κ2) is 6.06. The van der Waals surface area contributed by atoms with E-state index in [0.717, 1.165) is 10.0 Å². The molecule has 0 spiro atoms. The molecule has 0 aliphatic heterocycles. The molecule has 4 nitrogen and oxygen atoms in total. The van der Waals surface area contributed by atoms with Crippen LogP contribution in [0.25, 0.3) is 11.3 Å². The summed E-state index contributed by atoms with van der Waals surface area (Å²) in [7, 11) is -3.48. The third kappa shape index (κ3) is 3.28. The molecule has 0 bridgehead atoms. The predicted molar refractivity (Wildman–Crippen MR) is 87.0 cm³/mol. The summed E-state index contributed by atoms with van der Waals surface area (Å²) in [6.45, 7) is 0. The second-order valence-corrected chi connectivity index (χ2v) is 7.60. The van der Waals surface area contributed by atoms with Crippen molar-refractivity contribution in [2.24, 2.45) is 0 Å². The molecular weight excluding hydrogens is 366 g/mol. The first kappa shape index (κ1) is 15.0. The number of halogens is 1. The van der Waals surface area contributed by atoms with Gasteiger partial charge in [0.15, 0.2) is 15.6 Å². The molecule has 1 aromatic heterocycles. The van der Waals surface area contributed by atoms with Crippen LogP contribution >= 0.6 is 15.9 Å². The number of rotatable bonds is 4. The Morgan fingerprint density at radius 2 is 1.68 bits per heavy atom. The normalized spacial score (nSPS) is 11.5. The van der Waals surface area contributed by atoms with Gasteiger partial charge in [0.05, 0.1) is 11.1 Å². The Labute approximate surface area is 136 Å². The van der Waals surface area contributed by atoms with Crippen LogP contribution in [0.1, 0.15) is 5.89 Å². The standard InChI is InChI=1S/C16H12BrNO3S/c17-13-6-8-14(9-7-13)22(19,20)11-16-18-10-15(21-16)12-4-2-1-3-5-12/h1-10H,11H2. The van der Waals surface area contributed by atoms with E-state index in [1.54, 1.807) is 30.5 Å². The molecule has 1 heterocycles. The highest BCUT2D eigenvalue weighted by atomic mass is 79.9. The fraction of sp³-hybridized carbons (Fsp3) is 0.0625. The van der Waals surface area contributed by atoms with Crippen LogP contribution in [0.2, 0.25) is 0 Å². The minimum absolute atomic E-state index is 0.182. The minimum Gasteiger partial charge on any atom is -0.440 e. The molecule has 0 aliphatic carbocycles. The molecule has 0 amide bonds. The van der Waals surface area contributed by atoms with Crippen LogP contribution in [0.15, 0.2) is 74.6 Å². The van der Waals surface area contributed by atoms with E-state index in [4.69, 9.17) is 4.42 Å². The number of aromatic nitrogens is 1. The first-order valence-corrected chi connectivity index (χ1v) is 8.97. The minimum atomic E-state index is -3.48. The van der Waals surface area contributed by atoms with E-state index >= 15 is 0 Å². The zero-order chi connectivity index (χ0) is 15.6. The third-order valence-corrected chi connectivity index (χ3v) is 5.24. The fourth-order valence-electron chi connectivity index (χ4n) is 2.00. The van der Waals surface area contributed by atoms with E-state index in [1.807, 2.05) is 30.3 Å². The summed E-state index contributed by atoms with van der Waals surface area (Å²) in [6.07, 6.45) is 1.54. The lowest BCUT2D eigenvalue weighted by Gasteiger charge is -2.02. The highest BCUT2D eigenvalue weighted by Gasteiger charge is 2.19.